The molecule has 1 saturated carbocycles. The van der Waals surface area contributed by atoms with E-state index in [4.69, 9.17) is 9.47 Å². The molecule has 41 heavy (non-hydrogen) atoms. The fourth-order valence-electron chi connectivity index (χ4n) is 5.81. The maximum atomic E-state index is 15.5. The van der Waals surface area contributed by atoms with Crippen LogP contribution < -0.4 is 14.8 Å². The maximum absolute atomic E-state index is 15.5. The molecule has 2 heterocycles. The molecule has 5 rings (SSSR count). The molecule has 0 amide bonds. The number of likely N-dealkylation sites (tertiary alicyclic amines) is 1. The first kappa shape index (κ1) is 29.4. The van der Waals surface area contributed by atoms with E-state index in [1.807, 2.05) is 13.0 Å². The molecule has 0 bridgehead atoms. The van der Waals surface area contributed by atoms with Crippen molar-refractivity contribution in [3.05, 3.63) is 52.6 Å². The summed E-state index contributed by atoms with van der Waals surface area (Å²) in [6, 6.07) is 5.94. The van der Waals surface area contributed by atoms with Crippen LogP contribution >= 0.6 is 0 Å². The molecule has 10 heteroatoms. The molecule has 2 atom stereocenters. The Kier molecular flexibility index (Phi) is 7.84. The minimum Gasteiger partial charge on any atom is -0.493 e. The first-order valence-corrected chi connectivity index (χ1v) is 14.2. The van der Waals surface area contributed by atoms with E-state index < -0.39 is 28.9 Å². The number of hydrogen-bond acceptors (Lipinski definition) is 7. The van der Waals surface area contributed by atoms with E-state index in [1.54, 1.807) is 21.0 Å². The minimum atomic E-state index is -3.79. The summed E-state index contributed by atoms with van der Waals surface area (Å²) in [4.78, 5) is 11.8. The van der Waals surface area contributed by atoms with Gasteiger partial charge in [0.15, 0.2) is 11.5 Å². The smallest absolute Gasteiger partial charge is 0.303 e. The summed E-state index contributed by atoms with van der Waals surface area (Å²) < 4.78 is 57.4. The molecule has 1 aromatic heterocycles. The van der Waals surface area contributed by atoms with E-state index in [1.165, 1.54) is 25.0 Å². The number of fused-ring (bicyclic) bond motifs is 1. The van der Waals surface area contributed by atoms with Gasteiger partial charge in [-0.15, -0.1) is 0 Å². The Morgan fingerprint density at radius 2 is 1.90 bits per heavy atom. The normalized spacial score (nSPS) is 19.0. The molecule has 2 aromatic carbocycles. The third-order valence-electron chi connectivity index (χ3n) is 8.28. The van der Waals surface area contributed by atoms with E-state index in [9.17, 15) is 13.9 Å². The quantitative estimate of drug-likeness (QED) is 0.290. The summed E-state index contributed by atoms with van der Waals surface area (Å²) in [5.41, 5.74) is -1.84. The third kappa shape index (κ3) is 5.56. The van der Waals surface area contributed by atoms with E-state index in [0.29, 0.717) is 52.7 Å². The Morgan fingerprint density at radius 3 is 2.56 bits per heavy atom. The monoisotopic (exact) mass is 572 g/mol. The number of ether oxygens (including phenoxy) is 2. The first-order chi connectivity index (χ1) is 19.3. The number of halogens is 3. The van der Waals surface area contributed by atoms with Gasteiger partial charge in [0.1, 0.15) is 29.7 Å². The second-order valence-corrected chi connectivity index (χ2v) is 11.8. The van der Waals surface area contributed by atoms with Gasteiger partial charge in [-0.05, 0) is 79.0 Å². The summed E-state index contributed by atoms with van der Waals surface area (Å²) in [6.07, 6.45) is 4.75. The molecule has 2 N–H and O–H groups in total. The summed E-state index contributed by atoms with van der Waals surface area (Å²) in [6.45, 7) is 8.90. The van der Waals surface area contributed by atoms with Gasteiger partial charge in [0.25, 0.3) is 0 Å². The zero-order chi connectivity index (χ0) is 29.7. The average molecular weight is 573 g/mol. The molecule has 222 valence electrons. The van der Waals surface area contributed by atoms with Crippen molar-refractivity contribution in [2.75, 3.05) is 25.6 Å². The number of aromatic nitrogens is 2. The molecule has 2 aliphatic rings. The number of anilines is 1. The summed E-state index contributed by atoms with van der Waals surface area (Å²) in [7, 11) is 1.60. The van der Waals surface area contributed by atoms with Crippen molar-refractivity contribution in [3.8, 4) is 11.5 Å². The predicted octanol–water partition coefficient (Wildman–Crippen LogP) is 6.44. The van der Waals surface area contributed by atoms with Crippen LogP contribution in [0.4, 0.5) is 19.0 Å². The number of nitrogens with zero attached hydrogens (tertiary/aromatic N) is 3. The van der Waals surface area contributed by atoms with Crippen LogP contribution in [0.25, 0.3) is 10.9 Å². The SMILES string of the molecule is COc1c(OC[C@@H]2CCCN2C2CC2)cc2c(N[C@H](C)c3cccc(C(F)(F)C(C)(C)O)c3F)nc(C)nc2c1C. The van der Waals surface area contributed by atoms with Crippen molar-refractivity contribution in [1.82, 2.24) is 14.9 Å². The Morgan fingerprint density at radius 1 is 1.17 bits per heavy atom. The number of hydrogen-bond donors (Lipinski definition) is 2. The molecule has 0 spiro atoms. The lowest BCUT2D eigenvalue weighted by atomic mass is 9.91. The highest BCUT2D eigenvalue weighted by Crippen LogP contribution is 2.43. The molecule has 1 aliphatic heterocycles. The van der Waals surface area contributed by atoms with Crippen LogP contribution in [0.3, 0.4) is 0 Å². The fraction of sp³-hybridized carbons (Fsp3) is 0.548. The molecule has 0 unspecified atom stereocenters. The van der Waals surface area contributed by atoms with Crippen LogP contribution in [-0.2, 0) is 5.92 Å². The van der Waals surface area contributed by atoms with Crippen LogP contribution in [0, 0.1) is 19.7 Å². The van der Waals surface area contributed by atoms with Gasteiger partial charge < -0.3 is 19.9 Å². The Bertz CT molecular complexity index is 1440. The van der Waals surface area contributed by atoms with E-state index in [2.05, 4.69) is 20.2 Å². The van der Waals surface area contributed by atoms with Crippen LogP contribution in [0.1, 0.15) is 75.0 Å². The van der Waals surface area contributed by atoms with Gasteiger partial charge in [0.05, 0.1) is 24.2 Å². The van der Waals surface area contributed by atoms with E-state index in [0.717, 1.165) is 44.9 Å². The highest BCUT2D eigenvalue weighted by atomic mass is 19.3. The lowest BCUT2D eigenvalue weighted by molar-refractivity contribution is -0.170. The van der Waals surface area contributed by atoms with Crippen molar-refractivity contribution >= 4 is 16.7 Å². The largest absolute Gasteiger partial charge is 0.493 e. The summed E-state index contributed by atoms with van der Waals surface area (Å²) >= 11 is 0. The van der Waals surface area contributed by atoms with Crippen molar-refractivity contribution in [2.24, 2.45) is 0 Å². The average Bonchev–Trinajstić information content (AvgIpc) is 3.64. The Labute approximate surface area is 239 Å². The topological polar surface area (TPSA) is 79.7 Å². The second-order valence-electron chi connectivity index (χ2n) is 11.8. The lowest BCUT2D eigenvalue weighted by Crippen LogP contribution is -2.41. The van der Waals surface area contributed by atoms with E-state index in [-0.39, 0.29) is 5.56 Å². The van der Waals surface area contributed by atoms with Gasteiger partial charge in [0, 0.05) is 28.6 Å². The van der Waals surface area contributed by atoms with Crippen molar-refractivity contribution in [2.45, 2.75) is 90.0 Å². The van der Waals surface area contributed by atoms with Gasteiger partial charge in [-0.25, -0.2) is 14.4 Å². The van der Waals surface area contributed by atoms with Crippen molar-refractivity contribution in [1.29, 1.82) is 0 Å². The number of methoxy groups -OCH3 is 1. The van der Waals surface area contributed by atoms with Crippen LogP contribution in [-0.4, -0.2) is 57.9 Å². The molecule has 7 nitrogen and oxygen atoms in total. The highest BCUT2D eigenvalue weighted by molar-refractivity contribution is 5.94. The Balaban J connectivity index is 1.48. The summed E-state index contributed by atoms with van der Waals surface area (Å²) in [5.74, 6) is -2.79. The van der Waals surface area contributed by atoms with Gasteiger partial charge in [-0.3, -0.25) is 4.90 Å². The zero-order valence-corrected chi connectivity index (χ0v) is 24.5. The highest BCUT2D eigenvalue weighted by Gasteiger charge is 2.49. The maximum Gasteiger partial charge on any atom is 0.303 e. The van der Waals surface area contributed by atoms with Crippen LogP contribution in [0.5, 0.6) is 11.5 Å². The van der Waals surface area contributed by atoms with Crippen molar-refractivity contribution < 1.29 is 27.8 Å². The predicted molar refractivity (Wildman–Crippen MR) is 152 cm³/mol. The first-order valence-electron chi connectivity index (χ1n) is 14.2. The number of aryl methyl sites for hydroxylation is 2. The number of benzene rings is 2. The van der Waals surface area contributed by atoms with Crippen LogP contribution in [0.2, 0.25) is 0 Å². The van der Waals surface area contributed by atoms with Gasteiger partial charge in [-0.1, -0.05) is 12.1 Å². The Hall–Kier alpha value is -3.11. The molecule has 1 saturated heterocycles. The van der Waals surface area contributed by atoms with Crippen molar-refractivity contribution in [3.63, 3.8) is 0 Å². The second kappa shape index (κ2) is 10.9. The lowest BCUT2D eigenvalue weighted by Gasteiger charge is -2.30. The molecule has 2 fully saturated rings. The summed E-state index contributed by atoms with van der Waals surface area (Å²) in [5, 5.41) is 13.9. The minimum absolute atomic E-state index is 0.0268. The number of rotatable bonds is 10. The molecule has 1 aliphatic carbocycles. The molecule has 0 radical (unpaired) electrons. The van der Waals surface area contributed by atoms with Crippen LogP contribution in [0.15, 0.2) is 24.3 Å². The fourth-order valence-corrected chi connectivity index (χ4v) is 5.81. The van der Waals surface area contributed by atoms with Gasteiger partial charge >= 0.3 is 5.92 Å². The molecular formula is C31H39F3N4O3. The van der Waals surface area contributed by atoms with E-state index >= 15 is 4.39 Å². The number of aliphatic hydroxyl groups is 1. The standard InChI is InChI=1S/C31H39F3N4O3/c1-17-27-23(15-25(28(17)40-6)41-16-21-9-8-14-38(21)20-12-13-20)29(37-19(3)36-27)35-18(2)22-10-7-11-24(26(22)32)31(33,34)30(4,5)39/h7,10-11,15,18,20-21,39H,8-9,12-14,16H2,1-6H3,(H,35,36,37)/t18-,21+/m1/s1. The number of nitrogens with one attached hydrogen (secondary N) is 1. The number of alkyl halides is 2. The molecule has 3 aromatic rings. The zero-order valence-electron chi connectivity index (χ0n) is 24.5. The molecular weight excluding hydrogens is 533 g/mol. The van der Waals surface area contributed by atoms with Gasteiger partial charge in [-0.2, -0.15) is 8.78 Å². The third-order valence-corrected chi connectivity index (χ3v) is 8.28. The van der Waals surface area contributed by atoms with Gasteiger partial charge in [0.2, 0.25) is 0 Å².